The van der Waals surface area contributed by atoms with Crippen LogP contribution < -0.4 is 5.32 Å². The number of hydrogen-bond donors (Lipinski definition) is 2. The van der Waals surface area contributed by atoms with Crippen molar-refractivity contribution >= 4 is 17.6 Å². The molecule has 0 radical (unpaired) electrons. The number of benzene rings is 1. The number of nitrogens with one attached hydrogen (secondary N) is 1. The van der Waals surface area contributed by atoms with Crippen molar-refractivity contribution in [1.29, 1.82) is 0 Å². The van der Waals surface area contributed by atoms with Crippen molar-refractivity contribution in [3.63, 3.8) is 0 Å². The molecule has 1 aromatic carbocycles. The lowest BCUT2D eigenvalue weighted by Gasteiger charge is -2.14. The molecule has 1 unspecified atom stereocenters. The molecule has 21 heavy (non-hydrogen) atoms. The molecule has 0 aliphatic carbocycles. The van der Waals surface area contributed by atoms with Gasteiger partial charge < -0.3 is 10.4 Å². The van der Waals surface area contributed by atoms with Crippen molar-refractivity contribution in [3.8, 4) is 0 Å². The van der Waals surface area contributed by atoms with Gasteiger partial charge in [-0.25, -0.2) is 4.79 Å². The molecule has 2 aromatic rings. The topological polar surface area (TPSA) is 84.2 Å². The highest BCUT2D eigenvalue weighted by atomic mass is 16.4. The fourth-order valence-corrected chi connectivity index (χ4v) is 1.90. The van der Waals surface area contributed by atoms with E-state index in [2.05, 4.69) is 10.4 Å². The van der Waals surface area contributed by atoms with Gasteiger partial charge in [0, 0.05) is 11.9 Å². The van der Waals surface area contributed by atoms with Crippen LogP contribution in [0, 0.1) is 13.8 Å². The average Bonchev–Trinajstić information content (AvgIpc) is 2.91. The molecule has 1 aromatic heterocycles. The van der Waals surface area contributed by atoms with Crippen LogP contribution >= 0.6 is 0 Å². The molecular formula is C15H17N3O3. The second-order valence-electron chi connectivity index (χ2n) is 4.97. The highest BCUT2D eigenvalue weighted by Gasteiger charge is 2.18. The molecule has 0 aliphatic heterocycles. The number of hydrogen-bond acceptors (Lipinski definition) is 3. The third kappa shape index (κ3) is 3.28. The number of rotatable bonds is 4. The number of aromatic carboxylic acids is 1. The number of aromatic nitrogens is 2. The summed E-state index contributed by atoms with van der Waals surface area (Å²) in [5.74, 6) is -1.36. The fraction of sp³-hybridized carbons (Fsp3) is 0.267. The summed E-state index contributed by atoms with van der Waals surface area (Å²) in [6, 6.07) is 6.57. The Balaban J connectivity index is 2.15. The number of nitrogens with zero attached hydrogens (tertiary/aromatic N) is 2. The van der Waals surface area contributed by atoms with E-state index in [4.69, 9.17) is 5.11 Å². The predicted molar refractivity (Wildman–Crippen MR) is 78.4 cm³/mol. The van der Waals surface area contributed by atoms with E-state index in [9.17, 15) is 9.59 Å². The highest BCUT2D eigenvalue weighted by Crippen LogP contribution is 2.18. The Labute approximate surface area is 122 Å². The van der Waals surface area contributed by atoms with Crippen LogP contribution in [0.25, 0.3) is 0 Å². The number of aryl methyl sites for hydroxylation is 2. The first kappa shape index (κ1) is 14.8. The van der Waals surface area contributed by atoms with Gasteiger partial charge in [-0.2, -0.15) is 5.10 Å². The summed E-state index contributed by atoms with van der Waals surface area (Å²) in [5.41, 5.74) is 2.68. The van der Waals surface area contributed by atoms with Crippen molar-refractivity contribution in [3.05, 3.63) is 47.3 Å². The molecule has 0 aliphatic rings. The molecule has 6 nitrogen and oxygen atoms in total. The fourth-order valence-electron chi connectivity index (χ4n) is 1.90. The Morgan fingerprint density at radius 3 is 2.62 bits per heavy atom. The summed E-state index contributed by atoms with van der Waals surface area (Å²) in [4.78, 5) is 23.0. The van der Waals surface area contributed by atoms with Gasteiger partial charge in [-0.15, -0.1) is 0 Å². The molecule has 110 valence electrons. The lowest BCUT2D eigenvalue weighted by molar-refractivity contribution is -0.119. The summed E-state index contributed by atoms with van der Waals surface area (Å²) in [6.07, 6.45) is 1.48. The minimum absolute atomic E-state index is 0.0820. The van der Waals surface area contributed by atoms with Crippen molar-refractivity contribution in [2.75, 3.05) is 5.32 Å². The third-order valence-corrected chi connectivity index (χ3v) is 3.25. The second kappa shape index (κ2) is 5.78. The number of carbonyl (C=O) groups is 2. The molecule has 0 saturated carbocycles. The summed E-state index contributed by atoms with van der Waals surface area (Å²) >= 11 is 0. The summed E-state index contributed by atoms with van der Waals surface area (Å²) in [5, 5.41) is 15.6. The van der Waals surface area contributed by atoms with Crippen LogP contribution in [0.2, 0.25) is 0 Å². The van der Waals surface area contributed by atoms with Crippen molar-refractivity contribution in [1.82, 2.24) is 9.78 Å². The quantitative estimate of drug-likeness (QED) is 0.904. The zero-order valence-electron chi connectivity index (χ0n) is 12.1. The first-order valence-electron chi connectivity index (χ1n) is 6.55. The lowest BCUT2D eigenvalue weighted by atomic mass is 10.1. The Hall–Kier alpha value is -2.63. The smallest absolute Gasteiger partial charge is 0.356 e. The zero-order chi connectivity index (χ0) is 15.6. The summed E-state index contributed by atoms with van der Waals surface area (Å²) in [6.45, 7) is 5.53. The molecule has 1 amide bonds. The maximum atomic E-state index is 12.2. The maximum absolute atomic E-state index is 12.2. The minimum Gasteiger partial charge on any atom is -0.476 e. The van der Waals surface area contributed by atoms with E-state index in [0.29, 0.717) is 0 Å². The third-order valence-electron chi connectivity index (χ3n) is 3.25. The van der Waals surface area contributed by atoms with E-state index >= 15 is 0 Å². The standard InChI is InChI=1S/C15H17N3O3/c1-9-4-5-10(2)13(8-9)16-14(19)11(3)18-7-6-12(17-18)15(20)21/h4-8,11H,1-3H3,(H,16,19)(H,20,21). The molecule has 6 heteroatoms. The van der Waals surface area contributed by atoms with Crippen LogP contribution in [0.1, 0.15) is 34.6 Å². The van der Waals surface area contributed by atoms with Gasteiger partial charge in [0.2, 0.25) is 5.91 Å². The Morgan fingerprint density at radius 2 is 2.00 bits per heavy atom. The largest absolute Gasteiger partial charge is 0.476 e. The Morgan fingerprint density at radius 1 is 1.29 bits per heavy atom. The Kier molecular flexibility index (Phi) is 4.07. The number of carbonyl (C=O) groups excluding carboxylic acids is 1. The SMILES string of the molecule is Cc1ccc(C)c(NC(=O)C(C)n2ccc(C(=O)O)n2)c1. The number of carboxylic acid groups (broad SMARTS) is 1. The monoisotopic (exact) mass is 287 g/mol. The molecule has 1 atom stereocenters. The van der Waals surface area contributed by atoms with E-state index < -0.39 is 12.0 Å². The van der Waals surface area contributed by atoms with Gasteiger partial charge in [-0.1, -0.05) is 12.1 Å². The number of carboxylic acids is 1. The van der Waals surface area contributed by atoms with Crippen LogP contribution in [-0.2, 0) is 4.79 Å². The summed E-state index contributed by atoms with van der Waals surface area (Å²) in [7, 11) is 0. The maximum Gasteiger partial charge on any atom is 0.356 e. The molecule has 0 fully saturated rings. The van der Waals surface area contributed by atoms with Crippen molar-refractivity contribution < 1.29 is 14.7 Å². The molecule has 0 spiro atoms. The van der Waals surface area contributed by atoms with E-state index in [1.54, 1.807) is 6.92 Å². The summed E-state index contributed by atoms with van der Waals surface area (Å²) < 4.78 is 1.34. The van der Waals surface area contributed by atoms with Gasteiger partial charge in [0.05, 0.1) is 0 Å². The van der Waals surface area contributed by atoms with Crippen LogP contribution in [-0.4, -0.2) is 26.8 Å². The second-order valence-corrected chi connectivity index (χ2v) is 4.97. The molecule has 0 bridgehead atoms. The molecule has 2 N–H and O–H groups in total. The van der Waals surface area contributed by atoms with Gasteiger partial charge in [0.25, 0.3) is 0 Å². The first-order chi connectivity index (χ1) is 9.88. The van der Waals surface area contributed by atoms with Crippen molar-refractivity contribution in [2.45, 2.75) is 26.8 Å². The van der Waals surface area contributed by atoms with Gasteiger partial charge in [-0.3, -0.25) is 9.48 Å². The van der Waals surface area contributed by atoms with Crippen LogP contribution in [0.5, 0.6) is 0 Å². The van der Waals surface area contributed by atoms with Gasteiger partial charge in [0.1, 0.15) is 6.04 Å². The molecule has 1 heterocycles. The molecule has 0 saturated heterocycles. The van der Waals surface area contributed by atoms with E-state index in [-0.39, 0.29) is 11.6 Å². The Bertz CT molecular complexity index is 691. The lowest BCUT2D eigenvalue weighted by Crippen LogP contribution is -2.24. The molecular weight excluding hydrogens is 270 g/mol. The minimum atomic E-state index is -1.11. The van der Waals surface area contributed by atoms with Crippen LogP contribution in [0.4, 0.5) is 5.69 Å². The number of anilines is 1. The van der Waals surface area contributed by atoms with Gasteiger partial charge in [-0.05, 0) is 44.0 Å². The first-order valence-corrected chi connectivity index (χ1v) is 6.55. The predicted octanol–water partition coefficient (Wildman–Crippen LogP) is 2.40. The number of amides is 1. The zero-order valence-corrected chi connectivity index (χ0v) is 12.1. The van der Waals surface area contributed by atoms with Gasteiger partial charge in [0.15, 0.2) is 5.69 Å². The van der Waals surface area contributed by atoms with Crippen molar-refractivity contribution in [2.24, 2.45) is 0 Å². The van der Waals surface area contributed by atoms with Crippen LogP contribution in [0.3, 0.4) is 0 Å². The van der Waals surface area contributed by atoms with Gasteiger partial charge >= 0.3 is 5.97 Å². The highest BCUT2D eigenvalue weighted by molar-refractivity contribution is 5.94. The van der Waals surface area contributed by atoms with E-state index in [0.717, 1.165) is 16.8 Å². The normalized spacial score (nSPS) is 12.0. The van der Waals surface area contributed by atoms with E-state index in [1.807, 2.05) is 32.0 Å². The molecule has 2 rings (SSSR count). The van der Waals surface area contributed by atoms with Crippen LogP contribution in [0.15, 0.2) is 30.5 Å². The average molecular weight is 287 g/mol. The van der Waals surface area contributed by atoms with E-state index in [1.165, 1.54) is 16.9 Å².